The standard InChI is InChI=1S/C18H26N4O2/c1-21-13-16(12-20-21)10-17-18(24-9-8-23-2)5-7-22(17)14-15-4-3-6-19-11-15/h3-4,6,11-13,17-18H,5,7-10,14H2,1-2H3/t17-,18+/m0/s1. The molecule has 0 aliphatic carbocycles. The summed E-state index contributed by atoms with van der Waals surface area (Å²) in [6.07, 6.45) is 10.0. The fourth-order valence-corrected chi connectivity index (χ4v) is 3.37. The predicted octanol–water partition coefficient (Wildman–Crippen LogP) is 1.66. The molecule has 0 bridgehead atoms. The Labute approximate surface area is 143 Å². The van der Waals surface area contributed by atoms with Crippen LogP contribution in [0.25, 0.3) is 0 Å². The molecule has 2 aromatic heterocycles. The zero-order chi connectivity index (χ0) is 16.8. The lowest BCUT2D eigenvalue weighted by atomic mass is 10.0. The van der Waals surface area contributed by atoms with Crippen LogP contribution < -0.4 is 0 Å². The Morgan fingerprint density at radius 1 is 1.25 bits per heavy atom. The second kappa shape index (κ2) is 8.37. The summed E-state index contributed by atoms with van der Waals surface area (Å²) in [6.45, 7) is 3.23. The normalized spacial score (nSPS) is 21.4. The summed E-state index contributed by atoms with van der Waals surface area (Å²) >= 11 is 0. The molecule has 1 aliphatic rings. The molecule has 2 aromatic rings. The van der Waals surface area contributed by atoms with Gasteiger partial charge in [-0.15, -0.1) is 0 Å². The van der Waals surface area contributed by atoms with Crippen LogP contribution >= 0.6 is 0 Å². The van der Waals surface area contributed by atoms with Gasteiger partial charge in [-0.25, -0.2) is 0 Å². The van der Waals surface area contributed by atoms with E-state index in [9.17, 15) is 0 Å². The highest BCUT2D eigenvalue weighted by Crippen LogP contribution is 2.26. The van der Waals surface area contributed by atoms with E-state index in [4.69, 9.17) is 9.47 Å². The Morgan fingerprint density at radius 3 is 2.88 bits per heavy atom. The molecule has 130 valence electrons. The molecule has 0 spiro atoms. The number of aryl methyl sites for hydroxylation is 1. The molecular weight excluding hydrogens is 304 g/mol. The summed E-state index contributed by atoms with van der Waals surface area (Å²) in [4.78, 5) is 6.73. The van der Waals surface area contributed by atoms with Crippen molar-refractivity contribution in [3.63, 3.8) is 0 Å². The van der Waals surface area contributed by atoms with Crippen LogP contribution in [0.2, 0.25) is 0 Å². The molecule has 1 saturated heterocycles. The highest BCUT2D eigenvalue weighted by Gasteiger charge is 2.35. The number of nitrogens with zero attached hydrogens (tertiary/aromatic N) is 4. The van der Waals surface area contributed by atoms with Gasteiger partial charge < -0.3 is 9.47 Å². The highest BCUT2D eigenvalue weighted by atomic mass is 16.5. The van der Waals surface area contributed by atoms with Gasteiger partial charge in [0.25, 0.3) is 0 Å². The summed E-state index contributed by atoms with van der Waals surface area (Å²) in [5, 5.41) is 4.30. The quantitative estimate of drug-likeness (QED) is 0.689. The summed E-state index contributed by atoms with van der Waals surface area (Å²) in [5.41, 5.74) is 2.49. The lowest BCUT2D eigenvalue weighted by Gasteiger charge is -2.28. The van der Waals surface area contributed by atoms with Gasteiger partial charge in [-0.05, 0) is 30.0 Å². The molecule has 3 rings (SSSR count). The minimum atomic E-state index is 0.233. The van der Waals surface area contributed by atoms with Crippen molar-refractivity contribution in [3.8, 4) is 0 Å². The van der Waals surface area contributed by atoms with Crippen LogP contribution in [-0.4, -0.2) is 58.7 Å². The zero-order valence-electron chi connectivity index (χ0n) is 14.5. The smallest absolute Gasteiger partial charge is 0.0746 e. The summed E-state index contributed by atoms with van der Waals surface area (Å²) in [6, 6.07) is 4.48. The number of pyridine rings is 1. The predicted molar refractivity (Wildman–Crippen MR) is 91.6 cm³/mol. The number of methoxy groups -OCH3 is 1. The van der Waals surface area contributed by atoms with Crippen molar-refractivity contribution in [1.82, 2.24) is 19.7 Å². The zero-order valence-corrected chi connectivity index (χ0v) is 14.5. The van der Waals surface area contributed by atoms with Crippen molar-refractivity contribution in [2.75, 3.05) is 26.9 Å². The van der Waals surface area contributed by atoms with E-state index >= 15 is 0 Å². The Kier molecular flexibility index (Phi) is 5.96. The van der Waals surface area contributed by atoms with Crippen molar-refractivity contribution < 1.29 is 9.47 Å². The van der Waals surface area contributed by atoms with E-state index in [0.29, 0.717) is 19.3 Å². The molecule has 0 radical (unpaired) electrons. The Hall–Kier alpha value is -1.76. The fourth-order valence-electron chi connectivity index (χ4n) is 3.37. The van der Waals surface area contributed by atoms with Gasteiger partial charge in [0.15, 0.2) is 0 Å². The van der Waals surface area contributed by atoms with E-state index in [1.807, 2.05) is 36.4 Å². The first kappa shape index (κ1) is 17.1. The van der Waals surface area contributed by atoms with Crippen LogP contribution in [0.3, 0.4) is 0 Å². The Morgan fingerprint density at radius 2 is 2.17 bits per heavy atom. The van der Waals surface area contributed by atoms with E-state index in [-0.39, 0.29) is 6.10 Å². The van der Waals surface area contributed by atoms with Crippen LogP contribution in [-0.2, 0) is 29.5 Å². The molecule has 1 fully saturated rings. The first-order valence-electron chi connectivity index (χ1n) is 8.47. The van der Waals surface area contributed by atoms with Gasteiger partial charge in [0.2, 0.25) is 0 Å². The maximum absolute atomic E-state index is 6.09. The Balaban J connectivity index is 1.68. The molecule has 0 N–H and O–H groups in total. The third-order valence-corrected chi connectivity index (χ3v) is 4.53. The topological polar surface area (TPSA) is 52.4 Å². The maximum atomic E-state index is 6.09. The molecule has 0 unspecified atom stereocenters. The van der Waals surface area contributed by atoms with E-state index in [0.717, 1.165) is 25.9 Å². The number of likely N-dealkylation sites (tertiary alicyclic amines) is 1. The average molecular weight is 330 g/mol. The van der Waals surface area contributed by atoms with E-state index in [1.165, 1.54) is 11.1 Å². The highest BCUT2D eigenvalue weighted by molar-refractivity contribution is 5.12. The summed E-state index contributed by atoms with van der Waals surface area (Å²) in [7, 11) is 3.66. The van der Waals surface area contributed by atoms with Crippen molar-refractivity contribution in [2.24, 2.45) is 7.05 Å². The molecule has 3 heterocycles. The van der Waals surface area contributed by atoms with Crippen molar-refractivity contribution in [1.29, 1.82) is 0 Å². The van der Waals surface area contributed by atoms with Gasteiger partial charge >= 0.3 is 0 Å². The molecule has 2 atom stereocenters. The first-order valence-corrected chi connectivity index (χ1v) is 8.47. The third kappa shape index (κ3) is 4.41. The molecular formula is C18H26N4O2. The summed E-state index contributed by atoms with van der Waals surface area (Å²) < 4.78 is 13.1. The summed E-state index contributed by atoms with van der Waals surface area (Å²) in [5.74, 6) is 0. The van der Waals surface area contributed by atoms with Gasteiger partial charge in [-0.2, -0.15) is 5.10 Å². The minimum absolute atomic E-state index is 0.233. The molecule has 24 heavy (non-hydrogen) atoms. The van der Waals surface area contributed by atoms with E-state index in [1.54, 1.807) is 7.11 Å². The van der Waals surface area contributed by atoms with Crippen LogP contribution in [0.1, 0.15) is 17.5 Å². The van der Waals surface area contributed by atoms with Crippen molar-refractivity contribution >= 4 is 0 Å². The fraction of sp³-hybridized carbons (Fsp3) is 0.556. The molecule has 0 saturated carbocycles. The van der Waals surface area contributed by atoms with Gasteiger partial charge in [0.1, 0.15) is 0 Å². The number of hydrogen-bond donors (Lipinski definition) is 0. The van der Waals surface area contributed by atoms with Crippen molar-refractivity contribution in [3.05, 3.63) is 48.0 Å². The second-order valence-corrected chi connectivity index (χ2v) is 6.32. The largest absolute Gasteiger partial charge is 0.382 e. The first-order chi connectivity index (χ1) is 11.8. The van der Waals surface area contributed by atoms with Gasteiger partial charge in [-0.1, -0.05) is 6.07 Å². The minimum Gasteiger partial charge on any atom is -0.382 e. The van der Waals surface area contributed by atoms with Gasteiger partial charge in [-0.3, -0.25) is 14.6 Å². The van der Waals surface area contributed by atoms with Crippen LogP contribution in [0.4, 0.5) is 0 Å². The lowest BCUT2D eigenvalue weighted by molar-refractivity contribution is -0.00131. The molecule has 1 aliphatic heterocycles. The van der Waals surface area contributed by atoms with E-state index < -0.39 is 0 Å². The molecule has 6 heteroatoms. The van der Waals surface area contributed by atoms with Crippen LogP contribution in [0, 0.1) is 0 Å². The van der Waals surface area contributed by atoms with E-state index in [2.05, 4.69) is 27.2 Å². The van der Waals surface area contributed by atoms with Crippen LogP contribution in [0.5, 0.6) is 0 Å². The number of hydrogen-bond acceptors (Lipinski definition) is 5. The second-order valence-electron chi connectivity index (χ2n) is 6.32. The van der Waals surface area contributed by atoms with Crippen LogP contribution in [0.15, 0.2) is 36.9 Å². The number of ether oxygens (including phenoxy) is 2. The Bertz CT molecular complexity index is 616. The van der Waals surface area contributed by atoms with Gasteiger partial charge in [0, 0.05) is 51.9 Å². The van der Waals surface area contributed by atoms with Gasteiger partial charge in [0.05, 0.1) is 25.5 Å². The SMILES string of the molecule is COCCO[C@@H]1CCN(Cc2cccnc2)[C@H]1Cc1cnn(C)c1. The average Bonchev–Trinajstić information content (AvgIpc) is 3.17. The number of aromatic nitrogens is 3. The molecule has 0 aromatic carbocycles. The maximum Gasteiger partial charge on any atom is 0.0746 e. The third-order valence-electron chi connectivity index (χ3n) is 4.53. The number of rotatable bonds is 8. The lowest BCUT2D eigenvalue weighted by Crippen LogP contribution is -2.38. The van der Waals surface area contributed by atoms with Crippen molar-refractivity contribution in [2.45, 2.75) is 31.5 Å². The molecule has 6 nitrogen and oxygen atoms in total. The monoisotopic (exact) mass is 330 g/mol. The molecule has 0 amide bonds.